The van der Waals surface area contributed by atoms with Gasteiger partial charge in [-0.2, -0.15) is 0 Å². The van der Waals surface area contributed by atoms with E-state index in [2.05, 4.69) is 170 Å². The molecule has 0 fully saturated rings. The van der Waals surface area contributed by atoms with Crippen molar-refractivity contribution < 1.29 is 4.42 Å². The molecule has 9 rings (SSSR count). The number of fused-ring (bicyclic) bond motifs is 8. The number of hydrogen-bond acceptors (Lipinski definition) is 2. The molecule has 2 nitrogen and oxygen atoms in total. The Morgan fingerprint density at radius 3 is 2.07 bits per heavy atom. The molecule has 0 saturated heterocycles. The maximum Gasteiger partial charge on any atom is 0.143 e. The summed E-state index contributed by atoms with van der Waals surface area (Å²) in [4.78, 5) is 2.40. The molecule has 0 bridgehead atoms. The summed E-state index contributed by atoms with van der Waals surface area (Å²) in [6, 6.07) is 54.6. The van der Waals surface area contributed by atoms with E-state index in [0.29, 0.717) is 0 Å². The molecular formula is C43H31NO. The topological polar surface area (TPSA) is 16.4 Å². The van der Waals surface area contributed by atoms with Gasteiger partial charge >= 0.3 is 0 Å². The number of nitrogens with zero attached hydrogens (tertiary/aromatic N) is 1. The average Bonchev–Trinajstić information content (AvgIpc) is 3.59. The van der Waals surface area contributed by atoms with E-state index in [4.69, 9.17) is 4.42 Å². The van der Waals surface area contributed by atoms with Crippen LogP contribution in [0, 0.1) is 0 Å². The first kappa shape index (κ1) is 25.9. The van der Waals surface area contributed by atoms with E-state index in [1.165, 1.54) is 38.9 Å². The highest BCUT2D eigenvalue weighted by Gasteiger charge is 2.37. The fourth-order valence-corrected chi connectivity index (χ4v) is 7.51. The van der Waals surface area contributed by atoms with Gasteiger partial charge in [-0.1, -0.05) is 123 Å². The molecule has 0 atom stereocenters. The van der Waals surface area contributed by atoms with Crippen LogP contribution >= 0.6 is 0 Å². The van der Waals surface area contributed by atoms with E-state index in [0.717, 1.165) is 44.3 Å². The molecule has 7 aromatic carbocycles. The molecule has 8 aromatic rings. The predicted molar refractivity (Wildman–Crippen MR) is 189 cm³/mol. The van der Waals surface area contributed by atoms with Crippen molar-refractivity contribution in [2.75, 3.05) is 4.90 Å². The molecule has 214 valence electrons. The Labute approximate surface area is 262 Å². The van der Waals surface area contributed by atoms with E-state index in [1.807, 2.05) is 0 Å². The van der Waals surface area contributed by atoms with E-state index < -0.39 is 0 Å². The molecule has 1 aromatic heterocycles. The molecule has 0 radical (unpaired) electrons. The second-order valence-corrected chi connectivity index (χ2v) is 12.5. The maximum absolute atomic E-state index is 6.49. The van der Waals surface area contributed by atoms with Crippen molar-refractivity contribution in [3.8, 4) is 22.3 Å². The summed E-state index contributed by atoms with van der Waals surface area (Å²) >= 11 is 0. The maximum atomic E-state index is 6.49. The van der Waals surface area contributed by atoms with Gasteiger partial charge in [-0.25, -0.2) is 0 Å². The highest BCUT2D eigenvalue weighted by Crippen LogP contribution is 2.54. The Kier molecular flexibility index (Phi) is 5.58. The average molecular weight is 578 g/mol. The van der Waals surface area contributed by atoms with E-state index >= 15 is 0 Å². The molecule has 0 spiro atoms. The fraction of sp³-hybridized carbons (Fsp3) is 0.0698. The SMILES string of the molecule is CC1(C)c2ccccc2-c2c(N(c3ccccc3)c3ccc(-c4cccc5oc6c7ccccc7ccc6c45)cc3)cccc21. The number of benzene rings is 7. The van der Waals surface area contributed by atoms with Crippen LogP contribution in [0.3, 0.4) is 0 Å². The summed E-state index contributed by atoms with van der Waals surface area (Å²) in [6.07, 6.45) is 0. The van der Waals surface area contributed by atoms with Crippen LogP contribution in [0.5, 0.6) is 0 Å². The van der Waals surface area contributed by atoms with Gasteiger partial charge in [-0.15, -0.1) is 0 Å². The lowest BCUT2D eigenvalue weighted by atomic mass is 9.82. The predicted octanol–water partition coefficient (Wildman–Crippen LogP) is 12.2. The quantitative estimate of drug-likeness (QED) is 0.207. The first-order valence-electron chi connectivity index (χ1n) is 15.6. The number of hydrogen-bond donors (Lipinski definition) is 0. The van der Waals surface area contributed by atoms with Crippen molar-refractivity contribution in [2.45, 2.75) is 19.3 Å². The summed E-state index contributed by atoms with van der Waals surface area (Å²) in [7, 11) is 0. The largest absolute Gasteiger partial charge is 0.455 e. The van der Waals surface area contributed by atoms with E-state index in [-0.39, 0.29) is 5.41 Å². The molecule has 2 heteroatoms. The summed E-state index contributed by atoms with van der Waals surface area (Å²) in [5.74, 6) is 0. The third-order valence-electron chi connectivity index (χ3n) is 9.66. The highest BCUT2D eigenvalue weighted by molar-refractivity contribution is 6.19. The van der Waals surface area contributed by atoms with Gasteiger partial charge in [-0.3, -0.25) is 0 Å². The van der Waals surface area contributed by atoms with Crippen molar-refractivity contribution in [3.63, 3.8) is 0 Å². The van der Waals surface area contributed by atoms with Crippen molar-refractivity contribution in [3.05, 3.63) is 163 Å². The molecule has 0 saturated carbocycles. The molecule has 0 aliphatic heterocycles. The Balaban J connectivity index is 1.21. The van der Waals surface area contributed by atoms with Gasteiger partial charge in [0, 0.05) is 38.5 Å². The van der Waals surface area contributed by atoms with Gasteiger partial charge in [0.25, 0.3) is 0 Å². The van der Waals surface area contributed by atoms with Gasteiger partial charge in [0.2, 0.25) is 0 Å². The molecular weight excluding hydrogens is 546 g/mol. The second kappa shape index (κ2) is 9.70. The van der Waals surface area contributed by atoms with Crippen LogP contribution in [0.2, 0.25) is 0 Å². The van der Waals surface area contributed by atoms with Crippen LogP contribution in [0.4, 0.5) is 17.1 Å². The summed E-state index contributed by atoms with van der Waals surface area (Å²) < 4.78 is 6.49. The third kappa shape index (κ3) is 3.82. The number of para-hydroxylation sites is 1. The van der Waals surface area contributed by atoms with Gasteiger partial charge < -0.3 is 9.32 Å². The van der Waals surface area contributed by atoms with Crippen LogP contribution in [-0.2, 0) is 5.41 Å². The molecule has 1 aliphatic carbocycles. The van der Waals surface area contributed by atoms with Crippen LogP contribution in [0.15, 0.2) is 156 Å². The second-order valence-electron chi connectivity index (χ2n) is 12.5. The van der Waals surface area contributed by atoms with Gasteiger partial charge in [0.05, 0.1) is 5.69 Å². The Bertz CT molecular complexity index is 2400. The van der Waals surface area contributed by atoms with Crippen molar-refractivity contribution in [1.82, 2.24) is 0 Å². The summed E-state index contributed by atoms with van der Waals surface area (Å²) in [5, 5.41) is 4.64. The minimum absolute atomic E-state index is 0.0640. The van der Waals surface area contributed by atoms with Crippen LogP contribution in [0.1, 0.15) is 25.0 Å². The number of rotatable bonds is 4. The lowest BCUT2D eigenvalue weighted by molar-refractivity contribution is 0.660. The van der Waals surface area contributed by atoms with Crippen LogP contribution in [-0.4, -0.2) is 0 Å². The minimum atomic E-state index is -0.0640. The van der Waals surface area contributed by atoms with Crippen LogP contribution < -0.4 is 4.90 Å². The Morgan fingerprint density at radius 1 is 0.511 bits per heavy atom. The van der Waals surface area contributed by atoms with Crippen molar-refractivity contribution in [1.29, 1.82) is 0 Å². The zero-order chi connectivity index (χ0) is 30.1. The van der Waals surface area contributed by atoms with E-state index in [1.54, 1.807) is 0 Å². The Morgan fingerprint density at radius 2 is 1.20 bits per heavy atom. The molecule has 0 amide bonds. The number of anilines is 3. The lowest BCUT2D eigenvalue weighted by Crippen LogP contribution is -2.16. The molecule has 1 heterocycles. The number of furan rings is 1. The standard InChI is InChI=1S/C43H31NO/c1-43(2)36-18-9-8-16-34(36)41-37(43)19-11-20-38(41)44(30-13-4-3-5-14-30)31-25-22-29(23-26-31)32-17-10-21-39-40(32)35-27-24-28-12-6-7-15-33(28)42(35)45-39/h3-27H,1-2H3. The molecule has 1 aliphatic rings. The molecule has 0 N–H and O–H groups in total. The zero-order valence-corrected chi connectivity index (χ0v) is 25.3. The Hall–Kier alpha value is -5.60. The highest BCUT2D eigenvalue weighted by atomic mass is 16.3. The molecule has 45 heavy (non-hydrogen) atoms. The fourth-order valence-electron chi connectivity index (χ4n) is 7.51. The lowest BCUT2D eigenvalue weighted by Gasteiger charge is -2.29. The molecule has 0 unspecified atom stereocenters. The van der Waals surface area contributed by atoms with Gasteiger partial charge in [-0.05, 0) is 75.7 Å². The van der Waals surface area contributed by atoms with Crippen LogP contribution in [0.25, 0.3) is 55.0 Å². The van der Waals surface area contributed by atoms with Gasteiger partial charge in [0.1, 0.15) is 11.2 Å². The summed E-state index contributed by atoms with van der Waals surface area (Å²) in [5.41, 5.74) is 13.0. The third-order valence-corrected chi connectivity index (χ3v) is 9.66. The van der Waals surface area contributed by atoms with Crippen molar-refractivity contribution >= 4 is 49.8 Å². The van der Waals surface area contributed by atoms with Gasteiger partial charge in [0.15, 0.2) is 0 Å². The normalized spacial score (nSPS) is 13.3. The van der Waals surface area contributed by atoms with Crippen molar-refractivity contribution in [2.24, 2.45) is 0 Å². The smallest absolute Gasteiger partial charge is 0.143 e. The zero-order valence-electron chi connectivity index (χ0n) is 25.3. The van der Waals surface area contributed by atoms with E-state index in [9.17, 15) is 0 Å². The minimum Gasteiger partial charge on any atom is -0.455 e. The first-order valence-corrected chi connectivity index (χ1v) is 15.6. The summed E-state index contributed by atoms with van der Waals surface area (Å²) in [6.45, 7) is 4.68. The first-order chi connectivity index (χ1) is 22.1. The monoisotopic (exact) mass is 577 g/mol.